The lowest BCUT2D eigenvalue weighted by Crippen LogP contribution is -2.35. The van der Waals surface area contributed by atoms with Crippen LogP contribution in [0.5, 0.6) is 5.75 Å². The molecule has 0 fully saturated rings. The van der Waals surface area contributed by atoms with Gasteiger partial charge in [0, 0.05) is 13.1 Å². The first-order chi connectivity index (χ1) is 11.7. The lowest BCUT2D eigenvalue weighted by Gasteiger charge is -2.22. The Morgan fingerprint density at radius 1 is 1.12 bits per heavy atom. The average molecular weight is 322 g/mol. The van der Waals surface area contributed by atoms with Crippen LogP contribution in [-0.2, 0) is 17.8 Å². The molecule has 0 N–H and O–H groups in total. The first-order valence-corrected chi connectivity index (χ1v) is 8.13. The summed E-state index contributed by atoms with van der Waals surface area (Å²) in [4.78, 5) is 14.1. The number of hydrogen-bond acceptors (Lipinski definition) is 3. The molecule has 2 aromatic carbocycles. The van der Waals surface area contributed by atoms with E-state index in [-0.39, 0.29) is 12.5 Å². The molecule has 0 saturated carbocycles. The van der Waals surface area contributed by atoms with Gasteiger partial charge in [-0.3, -0.25) is 4.79 Å². The van der Waals surface area contributed by atoms with Crippen molar-refractivity contribution in [2.45, 2.75) is 26.3 Å². The van der Waals surface area contributed by atoms with Gasteiger partial charge in [0.25, 0.3) is 5.91 Å². The van der Waals surface area contributed by atoms with E-state index in [0.717, 1.165) is 12.0 Å². The molecule has 24 heavy (non-hydrogen) atoms. The molecule has 1 amide bonds. The molecule has 4 heteroatoms. The van der Waals surface area contributed by atoms with Crippen molar-refractivity contribution < 1.29 is 9.53 Å². The van der Waals surface area contributed by atoms with Crippen LogP contribution in [-0.4, -0.2) is 24.0 Å². The first kappa shape index (κ1) is 17.6. The number of aryl methyl sites for hydroxylation is 1. The number of rotatable bonds is 8. The maximum Gasteiger partial charge on any atom is 0.260 e. The van der Waals surface area contributed by atoms with Gasteiger partial charge in [0.05, 0.1) is 12.5 Å². The summed E-state index contributed by atoms with van der Waals surface area (Å²) in [5, 5.41) is 8.81. The molecule has 0 spiro atoms. The maximum absolute atomic E-state index is 12.5. The highest BCUT2D eigenvalue weighted by molar-refractivity contribution is 5.77. The van der Waals surface area contributed by atoms with Crippen LogP contribution in [0.4, 0.5) is 0 Å². The van der Waals surface area contributed by atoms with Gasteiger partial charge in [0.1, 0.15) is 5.75 Å². The van der Waals surface area contributed by atoms with Gasteiger partial charge in [0.2, 0.25) is 0 Å². The second kappa shape index (κ2) is 9.36. The van der Waals surface area contributed by atoms with Crippen molar-refractivity contribution in [3.05, 3.63) is 65.7 Å². The summed E-state index contributed by atoms with van der Waals surface area (Å²) in [5.74, 6) is 0.582. The maximum atomic E-state index is 12.5. The summed E-state index contributed by atoms with van der Waals surface area (Å²) >= 11 is 0. The number of ether oxygens (including phenoxy) is 1. The Bertz CT molecular complexity index is 692. The fraction of sp³-hybridized carbons (Fsp3) is 0.300. The Hall–Kier alpha value is -2.80. The Morgan fingerprint density at radius 2 is 1.88 bits per heavy atom. The van der Waals surface area contributed by atoms with E-state index >= 15 is 0 Å². The van der Waals surface area contributed by atoms with E-state index in [2.05, 4.69) is 13.0 Å². The molecule has 4 nitrogen and oxygen atoms in total. The molecule has 0 atom stereocenters. The number of hydrogen-bond donors (Lipinski definition) is 0. The molecular weight excluding hydrogens is 300 g/mol. The van der Waals surface area contributed by atoms with Crippen molar-refractivity contribution in [2.75, 3.05) is 13.2 Å². The molecule has 2 rings (SSSR count). The van der Waals surface area contributed by atoms with Crippen LogP contribution >= 0.6 is 0 Å². The van der Waals surface area contributed by atoms with Crippen molar-refractivity contribution in [3.8, 4) is 11.8 Å². The fourth-order valence-electron chi connectivity index (χ4n) is 2.37. The highest BCUT2D eigenvalue weighted by Gasteiger charge is 2.14. The highest BCUT2D eigenvalue weighted by atomic mass is 16.5. The minimum atomic E-state index is -0.115. The summed E-state index contributed by atoms with van der Waals surface area (Å²) in [6.45, 7) is 2.95. The van der Waals surface area contributed by atoms with E-state index in [1.807, 2.05) is 54.6 Å². The van der Waals surface area contributed by atoms with Crippen LogP contribution in [0.25, 0.3) is 0 Å². The average Bonchev–Trinajstić information content (AvgIpc) is 2.64. The minimum absolute atomic E-state index is 0.0224. The van der Waals surface area contributed by atoms with E-state index in [4.69, 9.17) is 10.00 Å². The largest absolute Gasteiger partial charge is 0.484 e. The number of nitrogens with zero attached hydrogens (tertiary/aromatic N) is 2. The lowest BCUT2D eigenvalue weighted by atomic mass is 10.2. The molecule has 0 bridgehead atoms. The molecule has 2 aromatic rings. The first-order valence-electron chi connectivity index (χ1n) is 8.13. The molecule has 0 radical (unpaired) electrons. The van der Waals surface area contributed by atoms with Crippen molar-refractivity contribution >= 4 is 5.91 Å². The number of carbonyl (C=O) groups is 1. The van der Waals surface area contributed by atoms with Crippen LogP contribution in [0, 0.1) is 11.3 Å². The molecule has 0 aliphatic rings. The van der Waals surface area contributed by atoms with Crippen LogP contribution in [0.1, 0.15) is 24.5 Å². The summed E-state index contributed by atoms with van der Waals surface area (Å²) in [7, 11) is 0. The third-order valence-corrected chi connectivity index (χ3v) is 3.73. The van der Waals surface area contributed by atoms with Gasteiger partial charge in [0.15, 0.2) is 6.61 Å². The number of nitriles is 1. The van der Waals surface area contributed by atoms with Crippen LogP contribution in [0.3, 0.4) is 0 Å². The van der Waals surface area contributed by atoms with Gasteiger partial charge >= 0.3 is 0 Å². The zero-order valence-corrected chi connectivity index (χ0v) is 13.9. The van der Waals surface area contributed by atoms with Gasteiger partial charge < -0.3 is 9.64 Å². The molecule has 124 valence electrons. The Kier molecular flexibility index (Phi) is 6.85. The third kappa shape index (κ3) is 5.44. The van der Waals surface area contributed by atoms with Crippen molar-refractivity contribution in [3.63, 3.8) is 0 Å². The predicted octanol–water partition coefficient (Wildman–Crippen LogP) is 3.57. The molecule has 0 unspecified atom stereocenters. The van der Waals surface area contributed by atoms with Gasteiger partial charge in [-0.05, 0) is 29.7 Å². The lowest BCUT2D eigenvalue weighted by molar-refractivity contribution is -0.133. The van der Waals surface area contributed by atoms with Gasteiger partial charge in [-0.1, -0.05) is 49.4 Å². The number of benzene rings is 2. The summed E-state index contributed by atoms with van der Waals surface area (Å²) < 4.78 is 5.63. The quantitative estimate of drug-likeness (QED) is 0.746. The summed E-state index contributed by atoms with van der Waals surface area (Å²) in [6, 6.07) is 19.6. The van der Waals surface area contributed by atoms with E-state index in [9.17, 15) is 4.79 Å². The zero-order valence-electron chi connectivity index (χ0n) is 13.9. The minimum Gasteiger partial charge on any atom is -0.484 e. The van der Waals surface area contributed by atoms with Crippen LogP contribution < -0.4 is 4.74 Å². The standard InChI is InChI=1S/C20H22N2O2/c1-2-17-10-6-11-19(14-17)24-16-20(23)22(13-7-12-21)15-18-8-4-3-5-9-18/h3-6,8-11,14H,2,7,13,15-16H2,1H3. The van der Waals surface area contributed by atoms with E-state index in [0.29, 0.717) is 25.3 Å². The third-order valence-electron chi connectivity index (χ3n) is 3.73. The topological polar surface area (TPSA) is 53.3 Å². The molecule has 0 aromatic heterocycles. The monoisotopic (exact) mass is 322 g/mol. The van der Waals surface area contributed by atoms with Crippen molar-refractivity contribution in [1.82, 2.24) is 4.90 Å². The summed E-state index contributed by atoms with van der Waals surface area (Å²) in [5.41, 5.74) is 2.21. The highest BCUT2D eigenvalue weighted by Crippen LogP contribution is 2.14. The SMILES string of the molecule is CCc1cccc(OCC(=O)N(CCC#N)Cc2ccccc2)c1. The second-order valence-electron chi connectivity index (χ2n) is 5.50. The van der Waals surface area contributed by atoms with E-state index in [1.165, 1.54) is 5.56 Å². The van der Waals surface area contributed by atoms with Gasteiger partial charge in [-0.25, -0.2) is 0 Å². The number of amides is 1. The molecule has 0 heterocycles. The fourth-order valence-corrected chi connectivity index (χ4v) is 2.37. The van der Waals surface area contributed by atoms with Crippen LogP contribution in [0.2, 0.25) is 0 Å². The van der Waals surface area contributed by atoms with E-state index < -0.39 is 0 Å². The van der Waals surface area contributed by atoms with Crippen LogP contribution in [0.15, 0.2) is 54.6 Å². The Morgan fingerprint density at radius 3 is 2.58 bits per heavy atom. The normalized spacial score (nSPS) is 10.0. The number of carbonyl (C=O) groups excluding carboxylic acids is 1. The molecular formula is C20H22N2O2. The molecule has 0 aliphatic heterocycles. The predicted molar refractivity (Wildman–Crippen MR) is 93.4 cm³/mol. The van der Waals surface area contributed by atoms with Crippen molar-refractivity contribution in [1.29, 1.82) is 5.26 Å². The molecule has 0 saturated heterocycles. The smallest absolute Gasteiger partial charge is 0.260 e. The van der Waals surface area contributed by atoms with Gasteiger partial charge in [-0.2, -0.15) is 5.26 Å². The Balaban J connectivity index is 1.97. The zero-order chi connectivity index (χ0) is 17.2. The molecule has 0 aliphatic carbocycles. The second-order valence-corrected chi connectivity index (χ2v) is 5.50. The Labute approximate surface area is 143 Å². The van der Waals surface area contributed by atoms with Crippen molar-refractivity contribution in [2.24, 2.45) is 0 Å². The van der Waals surface area contributed by atoms with E-state index in [1.54, 1.807) is 4.90 Å². The summed E-state index contributed by atoms with van der Waals surface area (Å²) in [6.07, 6.45) is 1.23. The van der Waals surface area contributed by atoms with Gasteiger partial charge in [-0.15, -0.1) is 0 Å².